The Bertz CT molecular complexity index is 873. The standard InChI is InChI=1S/C21H20N2O4.ClH/c22-21(24)17-5-4-12-23(15-17)16-25-13-14-26-18-8-10-20(11-9-18)27-19-6-2-1-3-7-19;/h1-12,15H,13-14,16H2,(H-,22,24);1H. The van der Waals surface area contributed by atoms with E-state index in [9.17, 15) is 4.79 Å². The molecule has 2 N–H and O–H groups in total. The van der Waals surface area contributed by atoms with E-state index in [0.717, 1.165) is 17.2 Å². The largest absolute Gasteiger partial charge is 1.00 e. The summed E-state index contributed by atoms with van der Waals surface area (Å²) in [4.78, 5) is 11.2. The number of amides is 1. The van der Waals surface area contributed by atoms with Gasteiger partial charge in [0.25, 0.3) is 12.6 Å². The van der Waals surface area contributed by atoms with Crippen molar-refractivity contribution in [2.75, 3.05) is 13.2 Å². The van der Waals surface area contributed by atoms with E-state index >= 15 is 0 Å². The van der Waals surface area contributed by atoms with Crippen molar-refractivity contribution in [2.24, 2.45) is 5.73 Å². The first kappa shape index (κ1) is 21.2. The van der Waals surface area contributed by atoms with Crippen molar-refractivity contribution in [3.05, 3.63) is 84.7 Å². The summed E-state index contributed by atoms with van der Waals surface area (Å²) >= 11 is 0. The zero-order chi connectivity index (χ0) is 18.9. The fraction of sp³-hybridized carbons (Fsp3) is 0.143. The Balaban J connectivity index is 0.00000280. The molecule has 0 bridgehead atoms. The highest BCUT2D eigenvalue weighted by Crippen LogP contribution is 2.23. The van der Waals surface area contributed by atoms with Gasteiger partial charge in [-0.2, -0.15) is 4.57 Å². The highest BCUT2D eigenvalue weighted by molar-refractivity contribution is 5.92. The van der Waals surface area contributed by atoms with E-state index in [0.29, 0.717) is 25.5 Å². The number of nitrogens with zero attached hydrogens (tertiary/aromatic N) is 1. The average Bonchev–Trinajstić information content (AvgIpc) is 2.70. The Labute approximate surface area is 169 Å². The highest BCUT2D eigenvalue weighted by Gasteiger charge is 2.07. The van der Waals surface area contributed by atoms with E-state index in [1.54, 1.807) is 29.1 Å². The molecule has 2 aromatic carbocycles. The van der Waals surface area contributed by atoms with Crippen molar-refractivity contribution >= 4 is 5.91 Å². The molecule has 146 valence electrons. The lowest BCUT2D eigenvalue weighted by Crippen LogP contribution is -3.00. The number of carbonyl (C=O) groups is 1. The van der Waals surface area contributed by atoms with Crippen LogP contribution in [0.5, 0.6) is 17.2 Å². The molecule has 1 amide bonds. The van der Waals surface area contributed by atoms with Crippen LogP contribution in [0.2, 0.25) is 0 Å². The number of carbonyl (C=O) groups excluding carboxylic acids is 1. The average molecular weight is 401 g/mol. The molecule has 1 heterocycles. The van der Waals surface area contributed by atoms with E-state index < -0.39 is 5.91 Å². The van der Waals surface area contributed by atoms with Gasteiger partial charge in [0.05, 0.1) is 6.61 Å². The molecule has 0 aliphatic heterocycles. The van der Waals surface area contributed by atoms with E-state index in [1.165, 1.54) is 0 Å². The molecule has 0 unspecified atom stereocenters. The third kappa shape index (κ3) is 6.57. The summed E-state index contributed by atoms with van der Waals surface area (Å²) in [6.45, 7) is 1.14. The topological polar surface area (TPSA) is 74.7 Å². The maximum atomic E-state index is 11.2. The normalized spacial score (nSPS) is 10.0. The molecule has 0 spiro atoms. The third-order valence-corrected chi connectivity index (χ3v) is 3.68. The second kappa shape index (κ2) is 10.9. The van der Waals surface area contributed by atoms with Crippen LogP contribution in [-0.2, 0) is 11.5 Å². The minimum Gasteiger partial charge on any atom is -1.00 e. The van der Waals surface area contributed by atoms with Crippen LogP contribution >= 0.6 is 0 Å². The molecule has 0 aliphatic rings. The molecule has 3 aromatic rings. The van der Waals surface area contributed by atoms with E-state index in [4.69, 9.17) is 19.9 Å². The molecule has 0 saturated heterocycles. The number of primary amides is 1. The first-order valence-corrected chi connectivity index (χ1v) is 8.53. The number of benzene rings is 2. The molecule has 6 nitrogen and oxygen atoms in total. The van der Waals surface area contributed by atoms with Gasteiger partial charge in [0.15, 0.2) is 12.4 Å². The van der Waals surface area contributed by atoms with Gasteiger partial charge in [-0.3, -0.25) is 4.79 Å². The predicted molar refractivity (Wildman–Crippen MR) is 99.6 cm³/mol. The number of para-hydroxylation sites is 1. The summed E-state index contributed by atoms with van der Waals surface area (Å²) in [7, 11) is 0. The second-order valence-corrected chi connectivity index (χ2v) is 5.74. The van der Waals surface area contributed by atoms with Crippen LogP contribution in [0, 0.1) is 0 Å². The smallest absolute Gasteiger partial charge is 0.254 e. The van der Waals surface area contributed by atoms with Gasteiger partial charge in [0.1, 0.15) is 29.4 Å². The van der Waals surface area contributed by atoms with Gasteiger partial charge in [-0.1, -0.05) is 18.2 Å². The lowest BCUT2D eigenvalue weighted by atomic mass is 10.3. The number of hydrogen-bond donors (Lipinski definition) is 1. The minimum absolute atomic E-state index is 0. The van der Waals surface area contributed by atoms with Crippen molar-refractivity contribution in [2.45, 2.75) is 6.73 Å². The molecule has 0 atom stereocenters. The van der Waals surface area contributed by atoms with Crippen molar-refractivity contribution in [3.8, 4) is 17.2 Å². The van der Waals surface area contributed by atoms with Gasteiger partial charge >= 0.3 is 0 Å². The fourth-order valence-corrected chi connectivity index (χ4v) is 2.36. The van der Waals surface area contributed by atoms with Crippen molar-refractivity contribution in [1.29, 1.82) is 0 Å². The highest BCUT2D eigenvalue weighted by atomic mass is 35.5. The fourth-order valence-electron chi connectivity index (χ4n) is 2.36. The maximum Gasteiger partial charge on any atom is 0.254 e. The van der Waals surface area contributed by atoms with Gasteiger partial charge in [0.2, 0.25) is 0 Å². The first-order valence-electron chi connectivity index (χ1n) is 8.53. The number of halogens is 1. The Morgan fingerprint density at radius 2 is 1.54 bits per heavy atom. The molecule has 3 rings (SSSR count). The molecule has 1 aromatic heterocycles. The monoisotopic (exact) mass is 400 g/mol. The van der Waals surface area contributed by atoms with Crippen molar-refractivity contribution in [3.63, 3.8) is 0 Å². The van der Waals surface area contributed by atoms with Gasteiger partial charge in [-0.05, 0) is 42.5 Å². The van der Waals surface area contributed by atoms with Crippen molar-refractivity contribution < 1.29 is 36.0 Å². The number of hydrogen-bond acceptors (Lipinski definition) is 4. The van der Waals surface area contributed by atoms with Crippen molar-refractivity contribution in [1.82, 2.24) is 0 Å². The van der Waals surface area contributed by atoms with Crippen LogP contribution in [0.4, 0.5) is 0 Å². The number of nitrogens with two attached hydrogens (primary N) is 1. The summed E-state index contributed by atoms with van der Waals surface area (Å²) in [5.74, 6) is 1.81. The van der Waals surface area contributed by atoms with Crippen LogP contribution in [0.25, 0.3) is 0 Å². The summed E-state index contributed by atoms with van der Waals surface area (Å²) in [5.41, 5.74) is 5.70. The third-order valence-electron chi connectivity index (χ3n) is 3.68. The molecule has 0 aliphatic carbocycles. The molecule has 0 saturated carbocycles. The van der Waals surface area contributed by atoms with E-state index in [1.807, 2.05) is 54.6 Å². The van der Waals surface area contributed by atoms with Crippen LogP contribution in [0.3, 0.4) is 0 Å². The molecular weight excluding hydrogens is 380 g/mol. The summed E-state index contributed by atoms with van der Waals surface area (Å²) in [6, 6.07) is 20.4. The van der Waals surface area contributed by atoms with E-state index in [2.05, 4.69) is 0 Å². The Kier molecular flexibility index (Phi) is 8.27. The quantitative estimate of drug-likeness (QED) is 0.403. The van der Waals surface area contributed by atoms with Crippen LogP contribution in [0.15, 0.2) is 79.1 Å². The maximum absolute atomic E-state index is 11.2. The lowest BCUT2D eigenvalue weighted by molar-refractivity contribution is -0.732. The second-order valence-electron chi connectivity index (χ2n) is 5.74. The summed E-state index contributed by atoms with van der Waals surface area (Å²) < 4.78 is 18.7. The number of rotatable bonds is 9. The van der Waals surface area contributed by atoms with Gasteiger partial charge in [-0.25, -0.2) is 0 Å². The van der Waals surface area contributed by atoms with E-state index in [-0.39, 0.29) is 12.4 Å². The molecule has 28 heavy (non-hydrogen) atoms. The molecule has 7 heteroatoms. The van der Waals surface area contributed by atoms with Gasteiger partial charge in [0, 0.05) is 6.07 Å². The summed E-state index contributed by atoms with van der Waals surface area (Å²) in [6.07, 6.45) is 3.45. The van der Waals surface area contributed by atoms with Gasteiger partial charge < -0.3 is 32.4 Å². The Morgan fingerprint density at radius 3 is 2.25 bits per heavy atom. The zero-order valence-corrected chi connectivity index (χ0v) is 15.9. The zero-order valence-electron chi connectivity index (χ0n) is 15.2. The molecule has 0 fully saturated rings. The SMILES string of the molecule is NC(=O)c1ccc[n+](COCCOc2ccc(Oc3ccccc3)cc2)c1.[Cl-]. The van der Waals surface area contributed by atoms with Gasteiger partial charge in [-0.15, -0.1) is 0 Å². The predicted octanol–water partition coefficient (Wildman–Crippen LogP) is -0.0776. The van der Waals surface area contributed by atoms with Crippen LogP contribution < -0.4 is 32.2 Å². The van der Waals surface area contributed by atoms with Crippen LogP contribution in [-0.4, -0.2) is 19.1 Å². The first-order chi connectivity index (χ1) is 13.2. The number of pyridine rings is 1. The number of aromatic nitrogens is 1. The Hall–Kier alpha value is -3.09. The van der Waals surface area contributed by atoms with Crippen LogP contribution in [0.1, 0.15) is 10.4 Å². The number of ether oxygens (including phenoxy) is 3. The molecule has 0 radical (unpaired) electrons. The summed E-state index contributed by atoms with van der Waals surface area (Å²) in [5, 5.41) is 0. The minimum atomic E-state index is -0.465. The Morgan fingerprint density at radius 1 is 0.857 bits per heavy atom. The molecular formula is C21H21ClN2O4. The lowest BCUT2D eigenvalue weighted by Gasteiger charge is -2.08.